The van der Waals surface area contributed by atoms with Gasteiger partial charge in [-0.05, 0) is 36.5 Å². The molecule has 3 aliphatic rings. The molecular formula is C26H30N2O4. The van der Waals surface area contributed by atoms with Crippen LogP contribution in [0, 0.1) is 12.8 Å². The second-order valence-corrected chi connectivity index (χ2v) is 9.49. The molecule has 0 unspecified atom stereocenters. The first kappa shape index (κ1) is 21.2. The number of aliphatic hydroxyl groups is 1. The van der Waals surface area contributed by atoms with E-state index in [9.17, 15) is 14.7 Å². The van der Waals surface area contributed by atoms with Crippen molar-refractivity contribution in [2.75, 3.05) is 33.4 Å². The van der Waals surface area contributed by atoms with Crippen molar-refractivity contribution < 1.29 is 19.4 Å². The zero-order chi connectivity index (χ0) is 22.5. The Labute approximate surface area is 188 Å². The van der Waals surface area contributed by atoms with Crippen molar-refractivity contribution in [2.45, 2.75) is 37.3 Å². The largest absolute Gasteiger partial charge is 0.394 e. The summed E-state index contributed by atoms with van der Waals surface area (Å²) in [5.41, 5.74) is 4.21. The summed E-state index contributed by atoms with van der Waals surface area (Å²) in [6, 6.07) is 16.6. The van der Waals surface area contributed by atoms with Gasteiger partial charge in [-0.15, -0.1) is 0 Å². The van der Waals surface area contributed by atoms with Crippen molar-refractivity contribution in [1.29, 1.82) is 0 Å². The van der Waals surface area contributed by atoms with Gasteiger partial charge in [-0.1, -0.05) is 54.1 Å². The first-order chi connectivity index (χ1) is 15.5. The number of aliphatic hydroxyl groups excluding tert-OH is 1. The molecule has 1 aliphatic carbocycles. The van der Waals surface area contributed by atoms with E-state index in [1.807, 2.05) is 4.90 Å². The van der Waals surface area contributed by atoms with Crippen LogP contribution in [0.15, 0.2) is 48.5 Å². The summed E-state index contributed by atoms with van der Waals surface area (Å²) in [6.45, 7) is 3.05. The van der Waals surface area contributed by atoms with E-state index in [1.165, 1.54) is 18.2 Å². The lowest BCUT2D eigenvalue weighted by molar-refractivity contribution is -0.205. The van der Waals surface area contributed by atoms with Gasteiger partial charge in [0.15, 0.2) is 0 Å². The van der Waals surface area contributed by atoms with Crippen LogP contribution in [-0.2, 0) is 14.3 Å². The molecular weight excluding hydrogens is 404 g/mol. The molecule has 2 saturated heterocycles. The van der Waals surface area contributed by atoms with Crippen LogP contribution in [0.4, 0.5) is 0 Å². The van der Waals surface area contributed by atoms with E-state index >= 15 is 0 Å². The van der Waals surface area contributed by atoms with Gasteiger partial charge in [0.25, 0.3) is 0 Å². The molecule has 3 fully saturated rings. The number of likely N-dealkylation sites (tertiary alicyclic amines) is 2. The molecule has 2 aromatic carbocycles. The highest BCUT2D eigenvalue weighted by atomic mass is 16.5. The van der Waals surface area contributed by atoms with Gasteiger partial charge in [0.1, 0.15) is 6.61 Å². The van der Waals surface area contributed by atoms with Crippen molar-refractivity contribution in [3.63, 3.8) is 0 Å². The minimum absolute atomic E-state index is 0.00774. The van der Waals surface area contributed by atoms with Gasteiger partial charge in [0.05, 0.1) is 18.2 Å². The standard InChI is InChI=1S/C26H30N2O4/c1-17-4-3-5-21(12-17)18-6-8-19(9-7-18)24-22(13-29)28(25(31)20-10-11-20)26(24)15-27(16-26)23(30)14-32-2/h3-9,12,20,22,24,29H,10-11,13-16H2,1-2H3/t22-,24-/m1/s1. The van der Waals surface area contributed by atoms with Crippen molar-refractivity contribution in [3.8, 4) is 11.1 Å². The van der Waals surface area contributed by atoms with Gasteiger partial charge in [-0.25, -0.2) is 0 Å². The second-order valence-electron chi connectivity index (χ2n) is 9.49. The lowest BCUT2D eigenvalue weighted by Gasteiger charge is -2.70. The minimum Gasteiger partial charge on any atom is -0.394 e. The van der Waals surface area contributed by atoms with Crippen molar-refractivity contribution >= 4 is 11.8 Å². The third kappa shape index (κ3) is 3.33. The number of carbonyl (C=O) groups excluding carboxylic acids is 2. The van der Waals surface area contributed by atoms with Crippen LogP contribution < -0.4 is 0 Å². The molecule has 1 spiro atoms. The topological polar surface area (TPSA) is 70.1 Å². The summed E-state index contributed by atoms with van der Waals surface area (Å²) in [5.74, 6) is 0.163. The van der Waals surface area contributed by atoms with Crippen molar-refractivity contribution in [3.05, 3.63) is 59.7 Å². The molecule has 2 aromatic rings. The van der Waals surface area contributed by atoms with Crippen LogP contribution in [0.1, 0.15) is 29.9 Å². The number of methoxy groups -OCH3 is 1. The molecule has 0 aromatic heterocycles. The number of hydrogen-bond donors (Lipinski definition) is 1. The normalized spacial score (nSPS) is 23.6. The first-order valence-corrected chi connectivity index (χ1v) is 11.4. The van der Waals surface area contributed by atoms with Crippen LogP contribution in [0.3, 0.4) is 0 Å². The van der Waals surface area contributed by atoms with Gasteiger partial charge in [-0.3, -0.25) is 9.59 Å². The Kier molecular flexibility index (Phi) is 5.30. The number of hydrogen-bond acceptors (Lipinski definition) is 4. The summed E-state index contributed by atoms with van der Waals surface area (Å²) in [5, 5.41) is 10.2. The van der Waals surface area contributed by atoms with Crippen molar-refractivity contribution in [1.82, 2.24) is 9.80 Å². The number of carbonyl (C=O) groups is 2. The SMILES string of the molecule is COCC(=O)N1CC2(C1)[C@H](c1ccc(-c3cccc(C)c3)cc1)[C@@H](CO)N2C(=O)C1CC1. The fourth-order valence-electron chi connectivity index (χ4n) is 5.60. The lowest BCUT2D eigenvalue weighted by atomic mass is 9.60. The number of aryl methyl sites for hydroxylation is 1. The maximum Gasteiger partial charge on any atom is 0.248 e. The summed E-state index contributed by atoms with van der Waals surface area (Å²) >= 11 is 0. The zero-order valence-electron chi connectivity index (χ0n) is 18.7. The Hall–Kier alpha value is -2.70. The van der Waals surface area contributed by atoms with E-state index in [-0.39, 0.29) is 42.9 Å². The Morgan fingerprint density at radius 2 is 1.81 bits per heavy atom. The predicted octanol–water partition coefficient (Wildman–Crippen LogP) is 2.59. The Morgan fingerprint density at radius 3 is 2.41 bits per heavy atom. The monoisotopic (exact) mass is 434 g/mol. The molecule has 1 N–H and O–H groups in total. The number of ether oxygens (including phenoxy) is 1. The number of amides is 2. The molecule has 6 heteroatoms. The average molecular weight is 435 g/mol. The van der Waals surface area contributed by atoms with Gasteiger partial charge in [0.2, 0.25) is 11.8 Å². The molecule has 2 aliphatic heterocycles. The summed E-state index contributed by atoms with van der Waals surface area (Å²) in [4.78, 5) is 29.1. The highest BCUT2D eigenvalue weighted by Crippen LogP contribution is 2.55. The number of rotatable bonds is 6. The molecule has 5 rings (SSSR count). The zero-order valence-corrected chi connectivity index (χ0v) is 18.7. The van der Waals surface area contributed by atoms with E-state index in [2.05, 4.69) is 55.5 Å². The average Bonchev–Trinajstić information content (AvgIpc) is 3.58. The van der Waals surface area contributed by atoms with Gasteiger partial charge < -0.3 is 19.6 Å². The third-order valence-electron chi connectivity index (χ3n) is 7.30. The summed E-state index contributed by atoms with van der Waals surface area (Å²) in [7, 11) is 1.51. The fraction of sp³-hybridized carbons (Fsp3) is 0.462. The fourth-order valence-corrected chi connectivity index (χ4v) is 5.60. The Balaban J connectivity index is 1.43. The minimum atomic E-state index is -0.429. The van der Waals surface area contributed by atoms with E-state index in [4.69, 9.17) is 4.74 Å². The quantitative estimate of drug-likeness (QED) is 0.759. The van der Waals surface area contributed by atoms with E-state index in [1.54, 1.807) is 4.90 Å². The molecule has 2 heterocycles. The molecule has 6 nitrogen and oxygen atoms in total. The highest BCUT2D eigenvalue weighted by Gasteiger charge is 2.68. The molecule has 2 atom stereocenters. The third-order valence-corrected chi connectivity index (χ3v) is 7.30. The summed E-state index contributed by atoms with van der Waals surface area (Å²) < 4.78 is 5.01. The molecule has 0 radical (unpaired) electrons. The van der Waals surface area contributed by atoms with Crippen LogP contribution in [0.2, 0.25) is 0 Å². The molecule has 168 valence electrons. The molecule has 32 heavy (non-hydrogen) atoms. The van der Waals surface area contributed by atoms with Crippen molar-refractivity contribution in [2.24, 2.45) is 5.92 Å². The lowest BCUT2D eigenvalue weighted by Crippen LogP contribution is -2.86. The maximum atomic E-state index is 13.1. The van der Waals surface area contributed by atoms with Crippen LogP contribution >= 0.6 is 0 Å². The first-order valence-electron chi connectivity index (χ1n) is 11.4. The highest BCUT2D eigenvalue weighted by molar-refractivity contribution is 5.86. The smallest absolute Gasteiger partial charge is 0.248 e. The van der Waals surface area contributed by atoms with E-state index in [0.29, 0.717) is 13.1 Å². The number of benzene rings is 2. The van der Waals surface area contributed by atoms with Gasteiger partial charge >= 0.3 is 0 Å². The molecule has 1 saturated carbocycles. The molecule has 2 amide bonds. The number of nitrogens with zero attached hydrogens (tertiary/aromatic N) is 2. The Bertz CT molecular complexity index is 1020. The van der Waals surface area contributed by atoms with Gasteiger partial charge in [-0.2, -0.15) is 0 Å². The van der Waals surface area contributed by atoms with Crippen LogP contribution in [0.5, 0.6) is 0 Å². The Morgan fingerprint density at radius 1 is 1.09 bits per heavy atom. The van der Waals surface area contributed by atoms with E-state index < -0.39 is 5.54 Å². The van der Waals surface area contributed by atoms with Gasteiger partial charge in [0, 0.05) is 32.0 Å². The summed E-state index contributed by atoms with van der Waals surface area (Å²) in [6.07, 6.45) is 1.84. The second kappa shape index (κ2) is 8.01. The van der Waals surface area contributed by atoms with Crippen LogP contribution in [0.25, 0.3) is 11.1 Å². The van der Waals surface area contributed by atoms with Crippen LogP contribution in [-0.4, -0.2) is 71.7 Å². The maximum absolute atomic E-state index is 13.1. The van der Waals surface area contributed by atoms with E-state index in [0.717, 1.165) is 24.0 Å². The molecule has 0 bridgehead atoms. The predicted molar refractivity (Wildman–Crippen MR) is 121 cm³/mol.